The first kappa shape index (κ1) is 12.2. The highest BCUT2D eigenvalue weighted by Crippen LogP contribution is 2.40. The van der Waals surface area contributed by atoms with Gasteiger partial charge in [0.05, 0.1) is 11.4 Å². The normalized spacial score (nSPS) is 25.2. The number of hydrogen-bond acceptors (Lipinski definition) is 5. The van der Waals surface area contributed by atoms with Gasteiger partial charge in [-0.3, -0.25) is 0 Å². The second kappa shape index (κ2) is 3.81. The van der Waals surface area contributed by atoms with Gasteiger partial charge < -0.3 is 5.43 Å². The lowest BCUT2D eigenvalue weighted by atomic mass is 9.90. The van der Waals surface area contributed by atoms with Crippen LogP contribution in [-0.4, -0.2) is 11.2 Å². The molecule has 98 valence electrons. The standard InChI is InChI=1S/C12H18N3O2P/c1-11(2)12(3,4)17-15(16-11)8-5-6-9-10(7-8)18-14-13-9/h5-7,13-14,18H,1-4H3. The molecule has 0 aromatic heterocycles. The molecule has 6 heteroatoms. The highest BCUT2D eigenvalue weighted by molar-refractivity contribution is 7.46. The zero-order chi connectivity index (χ0) is 13.0. The molecule has 2 aliphatic heterocycles. The minimum Gasteiger partial charge on any atom is -0.317 e. The molecular weight excluding hydrogens is 249 g/mol. The van der Waals surface area contributed by atoms with E-state index >= 15 is 0 Å². The van der Waals surface area contributed by atoms with E-state index in [9.17, 15) is 0 Å². The predicted octanol–water partition coefficient (Wildman–Crippen LogP) is 2.08. The summed E-state index contributed by atoms with van der Waals surface area (Å²) in [7, 11) is 0.565. The fourth-order valence-electron chi connectivity index (χ4n) is 1.78. The molecule has 0 spiro atoms. The molecule has 1 saturated heterocycles. The summed E-state index contributed by atoms with van der Waals surface area (Å²) >= 11 is 0. The lowest BCUT2D eigenvalue weighted by molar-refractivity contribution is -0.0272. The molecule has 5 nitrogen and oxygen atoms in total. The van der Waals surface area contributed by atoms with Crippen molar-refractivity contribution in [2.75, 3.05) is 10.7 Å². The van der Waals surface area contributed by atoms with Crippen LogP contribution in [0.5, 0.6) is 0 Å². The summed E-state index contributed by atoms with van der Waals surface area (Å²) in [5.41, 5.74) is 4.44. The van der Waals surface area contributed by atoms with Crippen molar-refractivity contribution >= 4 is 25.4 Å². The van der Waals surface area contributed by atoms with Crippen LogP contribution >= 0.6 is 8.73 Å². The summed E-state index contributed by atoms with van der Waals surface area (Å²) < 4.78 is 0. The topological polar surface area (TPSA) is 45.8 Å². The van der Waals surface area contributed by atoms with E-state index in [1.54, 1.807) is 0 Å². The van der Waals surface area contributed by atoms with Crippen molar-refractivity contribution in [3.63, 3.8) is 0 Å². The van der Waals surface area contributed by atoms with Gasteiger partial charge in [-0.1, -0.05) is 0 Å². The van der Waals surface area contributed by atoms with Crippen molar-refractivity contribution in [1.82, 2.24) is 5.20 Å². The van der Waals surface area contributed by atoms with Crippen molar-refractivity contribution in [3.05, 3.63) is 18.2 Å². The molecule has 0 bridgehead atoms. The Labute approximate surface area is 109 Å². The first-order valence-corrected chi connectivity index (χ1v) is 6.99. The van der Waals surface area contributed by atoms with E-state index in [-0.39, 0.29) is 11.2 Å². The number of rotatable bonds is 1. The van der Waals surface area contributed by atoms with E-state index < -0.39 is 0 Å². The molecule has 1 aromatic carbocycles. The van der Waals surface area contributed by atoms with E-state index in [4.69, 9.17) is 9.68 Å². The van der Waals surface area contributed by atoms with Gasteiger partial charge in [0.2, 0.25) is 0 Å². The lowest BCUT2D eigenvalue weighted by Crippen LogP contribution is -2.41. The Morgan fingerprint density at radius 3 is 2.44 bits per heavy atom. The Morgan fingerprint density at radius 1 is 1.11 bits per heavy atom. The number of fused-ring (bicyclic) bond motifs is 1. The van der Waals surface area contributed by atoms with Crippen molar-refractivity contribution < 1.29 is 9.68 Å². The summed E-state index contributed by atoms with van der Waals surface area (Å²) in [6.07, 6.45) is 0. The second-order valence-electron chi connectivity index (χ2n) is 5.57. The van der Waals surface area contributed by atoms with Gasteiger partial charge in [0, 0.05) is 14.0 Å². The SMILES string of the molecule is CC1(C)ON(c2ccc3c(c2)PNN3)OC1(C)C. The Balaban J connectivity index is 1.89. The van der Waals surface area contributed by atoms with Crippen LogP contribution < -0.4 is 21.2 Å². The van der Waals surface area contributed by atoms with Gasteiger partial charge in [-0.15, -0.1) is 5.23 Å². The summed E-state index contributed by atoms with van der Waals surface area (Å²) in [6, 6.07) is 6.10. The summed E-state index contributed by atoms with van der Waals surface area (Å²) in [5, 5.41) is 5.88. The average Bonchev–Trinajstić information content (AvgIpc) is 2.80. The first-order valence-electron chi connectivity index (χ1n) is 5.99. The van der Waals surface area contributed by atoms with Crippen LogP contribution in [0.1, 0.15) is 27.7 Å². The van der Waals surface area contributed by atoms with E-state index in [0.717, 1.165) is 11.4 Å². The lowest BCUT2D eigenvalue weighted by Gasteiger charge is -2.26. The molecule has 2 aliphatic rings. The summed E-state index contributed by atoms with van der Waals surface area (Å²) in [5.74, 6) is 0. The molecule has 1 atom stereocenters. The fourth-order valence-corrected chi connectivity index (χ4v) is 2.61. The van der Waals surface area contributed by atoms with Crippen LogP contribution in [0.4, 0.5) is 11.4 Å². The number of hydrogen-bond donors (Lipinski definition) is 2. The number of nitrogens with one attached hydrogen (secondary N) is 2. The van der Waals surface area contributed by atoms with Crippen molar-refractivity contribution in [1.29, 1.82) is 0 Å². The van der Waals surface area contributed by atoms with E-state index in [1.165, 1.54) is 10.5 Å². The first-order chi connectivity index (χ1) is 8.39. The molecule has 2 heterocycles. The number of anilines is 2. The molecule has 3 rings (SSSR count). The highest BCUT2D eigenvalue weighted by atomic mass is 31.1. The van der Waals surface area contributed by atoms with Crippen LogP contribution in [0.15, 0.2) is 18.2 Å². The zero-order valence-electron chi connectivity index (χ0n) is 11.0. The van der Waals surface area contributed by atoms with Gasteiger partial charge in [-0.05, 0) is 45.9 Å². The monoisotopic (exact) mass is 267 g/mol. The average molecular weight is 267 g/mol. The maximum atomic E-state index is 5.88. The van der Waals surface area contributed by atoms with Crippen LogP contribution in [-0.2, 0) is 9.68 Å². The maximum Gasteiger partial charge on any atom is 0.124 e. The maximum absolute atomic E-state index is 5.88. The molecule has 0 amide bonds. The molecule has 1 aromatic rings. The van der Waals surface area contributed by atoms with Gasteiger partial charge in [0.1, 0.15) is 11.2 Å². The summed E-state index contributed by atoms with van der Waals surface area (Å²) in [6.45, 7) is 8.13. The van der Waals surface area contributed by atoms with Gasteiger partial charge in [-0.25, -0.2) is 14.9 Å². The number of hydrazine groups is 1. The number of nitrogens with zero attached hydrogens (tertiary/aromatic N) is 1. The zero-order valence-corrected chi connectivity index (χ0v) is 12.0. The largest absolute Gasteiger partial charge is 0.317 e. The van der Waals surface area contributed by atoms with Crippen molar-refractivity contribution in [3.8, 4) is 0 Å². The van der Waals surface area contributed by atoms with Crippen molar-refractivity contribution in [2.45, 2.75) is 38.9 Å². The van der Waals surface area contributed by atoms with Crippen LogP contribution in [0.25, 0.3) is 0 Å². The molecule has 0 aliphatic carbocycles. The highest BCUT2D eigenvalue weighted by Gasteiger charge is 2.50. The number of benzene rings is 1. The third-order valence-electron chi connectivity index (χ3n) is 3.68. The van der Waals surface area contributed by atoms with Crippen LogP contribution in [0, 0.1) is 0 Å². The Bertz CT molecular complexity index is 474. The molecule has 0 radical (unpaired) electrons. The van der Waals surface area contributed by atoms with Crippen LogP contribution in [0.3, 0.4) is 0 Å². The second-order valence-corrected chi connectivity index (χ2v) is 6.60. The smallest absolute Gasteiger partial charge is 0.124 e. The minimum absolute atomic E-state index is 0.356. The third-order valence-corrected chi connectivity index (χ3v) is 4.61. The Hall–Kier alpha value is -0.870. The van der Waals surface area contributed by atoms with Gasteiger partial charge >= 0.3 is 0 Å². The molecule has 1 unspecified atom stereocenters. The molecule has 0 saturated carbocycles. The van der Waals surface area contributed by atoms with Crippen LogP contribution in [0.2, 0.25) is 0 Å². The van der Waals surface area contributed by atoms with E-state index in [1.807, 2.05) is 39.8 Å². The molecule has 18 heavy (non-hydrogen) atoms. The fraction of sp³-hybridized carbons (Fsp3) is 0.500. The molecule has 1 fully saturated rings. The minimum atomic E-state index is -0.356. The third kappa shape index (κ3) is 1.79. The quantitative estimate of drug-likeness (QED) is 0.763. The molecular formula is C12H18N3O2P. The van der Waals surface area contributed by atoms with Gasteiger partial charge in [0.15, 0.2) is 0 Å². The Morgan fingerprint density at radius 2 is 1.78 bits per heavy atom. The molecule has 2 N–H and O–H groups in total. The Kier molecular flexibility index (Phi) is 2.58. The summed E-state index contributed by atoms with van der Waals surface area (Å²) in [4.78, 5) is 11.8. The van der Waals surface area contributed by atoms with Gasteiger partial charge in [0.25, 0.3) is 0 Å². The van der Waals surface area contributed by atoms with Crippen molar-refractivity contribution in [2.24, 2.45) is 0 Å². The van der Waals surface area contributed by atoms with E-state index in [2.05, 4.69) is 16.7 Å². The van der Waals surface area contributed by atoms with Gasteiger partial charge in [-0.2, -0.15) is 0 Å². The predicted molar refractivity (Wildman–Crippen MR) is 74.0 cm³/mol. The van der Waals surface area contributed by atoms with E-state index in [0.29, 0.717) is 8.73 Å².